The summed E-state index contributed by atoms with van der Waals surface area (Å²) in [6.45, 7) is 5.34. The highest BCUT2D eigenvalue weighted by atomic mass is 79.9. The fourth-order valence-corrected chi connectivity index (χ4v) is 1.62. The Morgan fingerprint density at radius 2 is 2.07 bits per heavy atom. The van der Waals surface area contributed by atoms with Crippen LogP contribution in [-0.4, -0.2) is 6.61 Å². The van der Waals surface area contributed by atoms with Crippen LogP contribution in [0.5, 0.6) is 0 Å². The summed E-state index contributed by atoms with van der Waals surface area (Å²) >= 11 is 3.24. The Morgan fingerprint density at radius 1 is 1.36 bits per heavy atom. The van der Waals surface area contributed by atoms with Crippen LogP contribution >= 0.6 is 15.9 Å². The third-order valence-electron chi connectivity index (χ3n) is 1.64. The van der Waals surface area contributed by atoms with Gasteiger partial charge in [0.2, 0.25) is 0 Å². The van der Waals surface area contributed by atoms with Gasteiger partial charge in [0, 0.05) is 11.1 Å². The summed E-state index contributed by atoms with van der Waals surface area (Å²) in [7, 11) is 0. The number of rotatable bonds is 4. The van der Waals surface area contributed by atoms with Crippen molar-refractivity contribution in [2.75, 3.05) is 6.61 Å². The quantitative estimate of drug-likeness (QED) is 0.801. The summed E-state index contributed by atoms with van der Waals surface area (Å²) < 4.78 is 19.1. The lowest BCUT2D eigenvalue weighted by atomic mass is 10.2. The largest absolute Gasteiger partial charge is 0.377 e. The molecule has 0 aliphatic carbocycles. The minimum atomic E-state index is -0.234. The molecule has 78 valence electrons. The smallest absolute Gasteiger partial charge is 0.124 e. The fourth-order valence-electron chi connectivity index (χ4n) is 1.11. The number of halogens is 2. The van der Waals surface area contributed by atoms with Crippen molar-refractivity contribution >= 4 is 15.9 Å². The normalized spacial score (nSPS) is 10.9. The van der Waals surface area contributed by atoms with E-state index in [1.54, 1.807) is 0 Å². The van der Waals surface area contributed by atoms with Gasteiger partial charge in [-0.05, 0) is 29.7 Å². The Hall–Kier alpha value is -0.410. The lowest BCUT2D eigenvalue weighted by Gasteiger charge is -2.07. The maximum atomic E-state index is 12.9. The summed E-state index contributed by atoms with van der Waals surface area (Å²) in [6, 6.07) is 4.79. The molecule has 1 nitrogen and oxygen atoms in total. The van der Waals surface area contributed by atoms with Gasteiger partial charge in [-0.2, -0.15) is 0 Å². The van der Waals surface area contributed by atoms with E-state index in [1.807, 2.05) is 6.07 Å². The second-order valence-corrected chi connectivity index (χ2v) is 4.60. The van der Waals surface area contributed by atoms with Gasteiger partial charge in [0.25, 0.3) is 0 Å². The van der Waals surface area contributed by atoms with Crippen molar-refractivity contribution < 1.29 is 9.13 Å². The Bertz CT molecular complexity index is 279. The summed E-state index contributed by atoms with van der Waals surface area (Å²) in [5.74, 6) is 0.273. The van der Waals surface area contributed by atoms with Crippen LogP contribution in [0.4, 0.5) is 4.39 Å². The van der Waals surface area contributed by atoms with Gasteiger partial charge in [-0.15, -0.1) is 0 Å². The van der Waals surface area contributed by atoms with E-state index in [9.17, 15) is 4.39 Å². The van der Waals surface area contributed by atoms with Crippen molar-refractivity contribution in [1.82, 2.24) is 0 Å². The van der Waals surface area contributed by atoms with E-state index in [4.69, 9.17) is 4.74 Å². The minimum Gasteiger partial charge on any atom is -0.377 e. The molecule has 0 saturated carbocycles. The Balaban J connectivity index is 2.50. The van der Waals surface area contributed by atoms with Gasteiger partial charge in [-0.3, -0.25) is 0 Å². The van der Waals surface area contributed by atoms with E-state index in [1.165, 1.54) is 12.1 Å². The third-order valence-corrected chi connectivity index (χ3v) is 2.10. The zero-order valence-corrected chi connectivity index (χ0v) is 9.97. The van der Waals surface area contributed by atoms with Gasteiger partial charge < -0.3 is 4.74 Å². The highest BCUT2D eigenvalue weighted by Crippen LogP contribution is 2.15. The predicted molar refractivity (Wildman–Crippen MR) is 58.6 cm³/mol. The molecule has 0 amide bonds. The summed E-state index contributed by atoms with van der Waals surface area (Å²) in [5.41, 5.74) is 0.859. The van der Waals surface area contributed by atoms with Crippen LogP contribution in [0.15, 0.2) is 22.7 Å². The van der Waals surface area contributed by atoms with Crippen molar-refractivity contribution in [2.24, 2.45) is 5.92 Å². The van der Waals surface area contributed by atoms with Crippen LogP contribution in [0.25, 0.3) is 0 Å². The summed E-state index contributed by atoms with van der Waals surface area (Å²) in [6.07, 6.45) is 0. The Kier molecular flexibility index (Phi) is 4.55. The topological polar surface area (TPSA) is 9.23 Å². The number of hydrogen-bond acceptors (Lipinski definition) is 1. The van der Waals surface area contributed by atoms with Gasteiger partial charge in [0.05, 0.1) is 6.61 Å². The SMILES string of the molecule is CC(C)COCc1cc(F)cc(Br)c1. The highest BCUT2D eigenvalue weighted by molar-refractivity contribution is 9.10. The molecule has 1 rings (SSSR count). The summed E-state index contributed by atoms with van der Waals surface area (Å²) in [5, 5.41) is 0. The molecule has 0 unspecified atom stereocenters. The molecule has 0 saturated heterocycles. The first-order chi connectivity index (χ1) is 6.58. The zero-order valence-electron chi connectivity index (χ0n) is 8.39. The molecule has 0 bridgehead atoms. The zero-order chi connectivity index (χ0) is 10.6. The first-order valence-electron chi connectivity index (χ1n) is 4.60. The Labute approximate surface area is 92.4 Å². The lowest BCUT2D eigenvalue weighted by molar-refractivity contribution is 0.0969. The van der Waals surface area contributed by atoms with E-state index in [-0.39, 0.29) is 5.82 Å². The molecule has 0 aliphatic heterocycles. The first-order valence-corrected chi connectivity index (χ1v) is 5.40. The van der Waals surface area contributed by atoms with Crippen LogP contribution in [0.2, 0.25) is 0 Å². The molecule has 1 aromatic carbocycles. The standard InChI is InChI=1S/C11H14BrFO/c1-8(2)6-14-7-9-3-10(12)5-11(13)4-9/h3-5,8H,6-7H2,1-2H3. The molecule has 0 heterocycles. The second kappa shape index (κ2) is 5.47. The van der Waals surface area contributed by atoms with Gasteiger partial charge in [-0.1, -0.05) is 29.8 Å². The fraction of sp³-hybridized carbons (Fsp3) is 0.455. The van der Waals surface area contributed by atoms with Crippen molar-refractivity contribution in [3.8, 4) is 0 Å². The van der Waals surface area contributed by atoms with Crippen molar-refractivity contribution in [2.45, 2.75) is 20.5 Å². The molecule has 1 aromatic rings. The molecular weight excluding hydrogens is 247 g/mol. The molecule has 0 atom stereocenters. The van der Waals surface area contributed by atoms with Crippen molar-refractivity contribution in [1.29, 1.82) is 0 Å². The Morgan fingerprint density at radius 3 is 2.64 bits per heavy atom. The van der Waals surface area contributed by atoms with Crippen LogP contribution < -0.4 is 0 Å². The number of benzene rings is 1. The van der Waals surface area contributed by atoms with Crippen LogP contribution in [0.1, 0.15) is 19.4 Å². The first kappa shape index (κ1) is 11.7. The van der Waals surface area contributed by atoms with Crippen molar-refractivity contribution in [3.05, 3.63) is 34.1 Å². The van der Waals surface area contributed by atoms with E-state index >= 15 is 0 Å². The molecule has 0 aromatic heterocycles. The van der Waals surface area contributed by atoms with Crippen LogP contribution in [0, 0.1) is 11.7 Å². The molecule has 0 fully saturated rings. The average molecular weight is 261 g/mol. The molecule has 3 heteroatoms. The summed E-state index contributed by atoms with van der Waals surface area (Å²) in [4.78, 5) is 0. The maximum absolute atomic E-state index is 12.9. The van der Waals surface area contributed by atoms with E-state index in [0.717, 1.165) is 10.0 Å². The highest BCUT2D eigenvalue weighted by Gasteiger charge is 2.00. The average Bonchev–Trinajstić information content (AvgIpc) is 2.01. The molecule has 0 spiro atoms. The van der Waals surface area contributed by atoms with E-state index in [2.05, 4.69) is 29.8 Å². The minimum absolute atomic E-state index is 0.234. The number of ether oxygens (including phenoxy) is 1. The molecule has 0 aliphatic rings. The molecular formula is C11H14BrFO. The lowest BCUT2D eigenvalue weighted by Crippen LogP contribution is -2.02. The number of hydrogen-bond donors (Lipinski definition) is 0. The van der Waals surface area contributed by atoms with Gasteiger partial charge >= 0.3 is 0 Å². The molecule has 0 radical (unpaired) electrons. The predicted octanol–water partition coefficient (Wildman–Crippen LogP) is 3.76. The van der Waals surface area contributed by atoms with Gasteiger partial charge in [-0.25, -0.2) is 4.39 Å². The third kappa shape index (κ3) is 4.20. The second-order valence-electron chi connectivity index (χ2n) is 3.69. The molecule has 0 N–H and O–H groups in total. The van der Waals surface area contributed by atoms with Crippen molar-refractivity contribution in [3.63, 3.8) is 0 Å². The molecule has 14 heavy (non-hydrogen) atoms. The maximum Gasteiger partial charge on any atom is 0.124 e. The van der Waals surface area contributed by atoms with Crippen LogP contribution in [0.3, 0.4) is 0 Å². The van der Waals surface area contributed by atoms with E-state index < -0.39 is 0 Å². The van der Waals surface area contributed by atoms with E-state index in [0.29, 0.717) is 19.1 Å². The van der Waals surface area contributed by atoms with Gasteiger partial charge in [0.15, 0.2) is 0 Å². The van der Waals surface area contributed by atoms with Crippen LogP contribution in [-0.2, 0) is 11.3 Å². The monoisotopic (exact) mass is 260 g/mol. The van der Waals surface area contributed by atoms with Gasteiger partial charge in [0.1, 0.15) is 5.82 Å².